The number of nitrogens with zero attached hydrogens (tertiary/aromatic N) is 2. The molecule has 6 rings (SSSR count). The van der Waals surface area contributed by atoms with E-state index in [0.29, 0.717) is 45.2 Å². The van der Waals surface area contributed by atoms with E-state index in [1.807, 2.05) is 30.3 Å². The Morgan fingerprint density at radius 3 is 2.55 bits per heavy atom. The Kier molecular flexibility index (Phi) is 6.55. The van der Waals surface area contributed by atoms with Crippen LogP contribution < -0.4 is 15.5 Å². The van der Waals surface area contributed by atoms with Gasteiger partial charge in [-0.15, -0.1) is 11.3 Å². The van der Waals surface area contributed by atoms with Crippen LogP contribution in [0.15, 0.2) is 77.5 Å². The highest BCUT2D eigenvalue weighted by molar-refractivity contribution is 9.10. The average Bonchev–Trinajstić information content (AvgIpc) is 3.67. The smallest absolute Gasteiger partial charge is 0.261 e. The molecule has 1 aliphatic heterocycles. The van der Waals surface area contributed by atoms with E-state index >= 15 is 0 Å². The molecule has 0 atom stereocenters. The summed E-state index contributed by atoms with van der Waals surface area (Å²) in [6.07, 6.45) is 5.84. The van der Waals surface area contributed by atoms with Crippen LogP contribution in [0.4, 0.5) is 11.4 Å². The van der Waals surface area contributed by atoms with Crippen molar-refractivity contribution < 1.29 is 14.4 Å². The van der Waals surface area contributed by atoms with Crippen LogP contribution in [0.3, 0.4) is 0 Å². The van der Waals surface area contributed by atoms with Crippen LogP contribution in [-0.2, 0) is 6.42 Å². The summed E-state index contributed by atoms with van der Waals surface area (Å²) in [6, 6.07) is 18.7. The quantitative estimate of drug-likeness (QED) is 0.303. The lowest BCUT2D eigenvalue weighted by Crippen LogP contribution is -2.32. The second-order valence-corrected chi connectivity index (χ2v) is 11.2. The first-order chi connectivity index (χ1) is 18.5. The number of anilines is 2. The van der Waals surface area contributed by atoms with Crippen LogP contribution in [0.2, 0.25) is 0 Å². The van der Waals surface area contributed by atoms with E-state index in [9.17, 15) is 14.4 Å². The van der Waals surface area contributed by atoms with Gasteiger partial charge in [0.05, 0.1) is 16.1 Å². The first-order valence-corrected chi connectivity index (χ1v) is 13.9. The van der Waals surface area contributed by atoms with Gasteiger partial charge in [-0.3, -0.25) is 19.4 Å². The molecule has 0 saturated heterocycles. The summed E-state index contributed by atoms with van der Waals surface area (Å²) in [6.45, 7) is 0.497. The fourth-order valence-electron chi connectivity index (χ4n) is 4.50. The lowest BCUT2D eigenvalue weighted by molar-refractivity contribution is 0.0952. The lowest BCUT2D eigenvalue weighted by atomic mass is 10.1. The van der Waals surface area contributed by atoms with Gasteiger partial charge < -0.3 is 15.5 Å². The molecule has 1 fully saturated rings. The molecule has 1 aliphatic carbocycles. The number of hydrogen-bond donors (Lipinski definition) is 2. The Bertz CT molecular complexity index is 1560. The number of carbonyl (C=O) groups excluding carboxylic acids is 3. The Hall–Kier alpha value is -3.82. The lowest BCUT2D eigenvalue weighted by Gasteiger charge is -2.23. The van der Waals surface area contributed by atoms with Gasteiger partial charge in [-0.1, -0.05) is 18.2 Å². The third-order valence-corrected chi connectivity index (χ3v) is 8.54. The van der Waals surface area contributed by atoms with Crippen molar-refractivity contribution in [2.24, 2.45) is 0 Å². The molecule has 2 aromatic carbocycles. The van der Waals surface area contributed by atoms with E-state index in [4.69, 9.17) is 0 Å². The fraction of sp³-hybridized carbons (Fsp3) is 0.172. The number of aromatic nitrogens is 1. The van der Waals surface area contributed by atoms with E-state index in [1.54, 1.807) is 41.4 Å². The summed E-state index contributed by atoms with van der Waals surface area (Å²) in [4.78, 5) is 46.5. The Morgan fingerprint density at radius 1 is 1.00 bits per heavy atom. The van der Waals surface area contributed by atoms with Crippen molar-refractivity contribution in [3.8, 4) is 10.4 Å². The SMILES string of the molecule is O=C(NC1CC1)c1cc2c(s1)-c1ccccc1N(C(=O)c1ccc(NC(=O)c3cnccc3Br)cc1)CC2. The molecule has 0 unspecified atom stereocenters. The van der Waals surface area contributed by atoms with Crippen LogP contribution in [0.1, 0.15) is 48.8 Å². The molecule has 0 bridgehead atoms. The van der Waals surface area contributed by atoms with Crippen molar-refractivity contribution in [1.82, 2.24) is 10.3 Å². The normalized spacial score (nSPS) is 14.2. The number of nitrogens with one attached hydrogen (secondary N) is 2. The topological polar surface area (TPSA) is 91.4 Å². The Morgan fingerprint density at radius 2 is 1.79 bits per heavy atom. The number of fused-ring (bicyclic) bond motifs is 3. The molecule has 3 amide bonds. The highest BCUT2D eigenvalue weighted by atomic mass is 79.9. The van der Waals surface area contributed by atoms with Gasteiger partial charge in [0.15, 0.2) is 0 Å². The first-order valence-electron chi connectivity index (χ1n) is 12.3. The molecule has 2 aliphatic rings. The van der Waals surface area contributed by atoms with Crippen LogP contribution in [-0.4, -0.2) is 35.3 Å². The zero-order valence-corrected chi connectivity index (χ0v) is 22.6. The summed E-state index contributed by atoms with van der Waals surface area (Å²) in [7, 11) is 0. The monoisotopic (exact) mass is 586 g/mol. The summed E-state index contributed by atoms with van der Waals surface area (Å²) >= 11 is 4.85. The predicted octanol–water partition coefficient (Wildman–Crippen LogP) is 5.92. The van der Waals surface area contributed by atoms with Gasteiger partial charge in [0, 0.05) is 51.1 Å². The van der Waals surface area contributed by atoms with E-state index in [2.05, 4.69) is 31.5 Å². The summed E-state index contributed by atoms with van der Waals surface area (Å²) in [5, 5.41) is 5.91. The van der Waals surface area contributed by atoms with Crippen molar-refractivity contribution in [3.63, 3.8) is 0 Å². The molecular weight excluding hydrogens is 564 g/mol. The fourth-order valence-corrected chi connectivity index (χ4v) is 6.05. The standard InChI is InChI=1S/C29H23BrN4O3S/c30-23-11-13-31-16-22(23)27(35)32-19-7-5-17(6-8-19)29(37)34-14-12-18-15-25(28(36)33-20-9-10-20)38-26(18)21-3-1-2-4-24(21)34/h1-8,11,13,15-16,20H,9-10,12,14H2,(H,32,35)(H,33,36). The minimum Gasteiger partial charge on any atom is -0.349 e. The number of thiophene rings is 1. The van der Waals surface area contributed by atoms with E-state index in [1.165, 1.54) is 17.5 Å². The molecule has 1 saturated carbocycles. The van der Waals surface area contributed by atoms with Crippen molar-refractivity contribution >= 4 is 56.4 Å². The van der Waals surface area contributed by atoms with Crippen LogP contribution >= 0.6 is 27.3 Å². The van der Waals surface area contributed by atoms with Gasteiger partial charge in [0.1, 0.15) is 0 Å². The molecular formula is C29H23BrN4O3S. The number of pyridine rings is 1. The number of halogens is 1. The molecule has 0 radical (unpaired) electrons. The van der Waals surface area contributed by atoms with Crippen molar-refractivity contribution in [2.45, 2.75) is 25.3 Å². The van der Waals surface area contributed by atoms with E-state index in [0.717, 1.165) is 34.5 Å². The molecule has 38 heavy (non-hydrogen) atoms. The summed E-state index contributed by atoms with van der Waals surface area (Å²) < 4.78 is 0.654. The maximum atomic E-state index is 13.7. The van der Waals surface area contributed by atoms with Gasteiger partial charge in [0.25, 0.3) is 17.7 Å². The molecule has 7 nitrogen and oxygen atoms in total. The second-order valence-electron chi connectivity index (χ2n) is 9.32. The van der Waals surface area contributed by atoms with Gasteiger partial charge in [-0.05, 0) is 83.2 Å². The van der Waals surface area contributed by atoms with Crippen molar-refractivity contribution in [3.05, 3.63) is 99.1 Å². The van der Waals surface area contributed by atoms with Crippen LogP contribution in [0.5, 0.6) is 0 Å². The molecule has 4 aromatic rings. The number of hydrogen-bond acceptors (Lipinski definition) is 5. The average molecular weight is 587 g/mol. The number of para-hydroxylation sites is 1. The van der Waals surface area contributed by atoms with Gasteiger partial charge in [0.2, 0.25) is 0 Å². The van der Waals surface area contributed by atoms with E-state index in [-0.39, 0.29) is 17.7 Å². The molecule has 3 heterocycles. The maximum Gasteiger partial charge on any atom is 0.261 e. The number of benzene rings is 2. The third-order valence-electron chi connectivity index (χ3n) is 6.64. The molecule has 0 spiro atoms. The number of rotatable bonds is 5. The summed E-state index contributed by atoms with van der Waals surface area (Å²) in [5.41, 5.74) is 4.39. The zero-order valence-electron chi connectivity index (χ0n) is 20.2. The third kappa shape index (κ3) is 4.87. The maximum absolute atomic E-state index is 13.7. The minimum atomic E-state index is -0.290. The van der Waals surface area contributed by atoms with Crippen LogP contribution in [0.25, 0.3) is 10.4 Å². The van der Waals surface area contributed by atoms with Crippen LogP contribution in [0, 0.1) is 0 Å². The largest absolute Gasteiger partial charge is 0.349 e. The number of carbonyl (C=O) groups is 3. The first kappa shape index (κ1) is 24.5. The van der Waals surface area contributed by atoms with Crippen molar-refractivity contribution in [2.75, 3.05) is 16.8 Å². The van der Waals surface area contributed by atoms with Gasteiger partial charge in [-0.2, -0.15) is 0 Å². The van der Waals surface area contributed by atoms with Gasteiger partial charge >= 0.3 is 0 Å². The van der Waals surface area contributed by atoms with Crippen molar-refractivity contribution in [1.29, 1.82) is 0 Å². The molecule has 2 aromatic heterocycles. The zero-order chi connectivity index (χ0) is 26.2. The molecule has 190 valence electrons. The highest BCUT2D eigenvalue weighted by Crippen LogP contribution is 2.42. The van der Waals surface area contributed by atoms with E-state index < -0.39 is 0 Å². The predicted molar refractivity (Wildman–Crippen MR) is 152 cm³/mol. The minimum absolute atomic E-state index is 0.0148. The Balaban J connectivity index is 1.23. The molecule has 9 heteroatoms. The Labute approximate surface area is 232 Å². The summed E-state index contributed by atoms with van der Waals surface area (Å²) in [5.74, 6) is -0.423. The van der Waals surface area contributed by atoms with Gasteiger partial charge in [-0.25, -0.2) is 0 Å². The number of amides is 3. The molecule has 2 N–H and O–H groups in total. The second kappa shape index (κ2) is 10.2. The highest BCUT2D eigenvalue weighted by Gasteiger charge is 2.29.